The number of rotatable bonds is 4. The first-order valence-corrected chi connectivity index (χ1v) is 7.92. The first-order chi connectivity index (χ1) is 9.63. The molecule has 2 saturated heterocycles. The minimum absolute atomic E-state index is 0. The Morgan fingerprint density at radius 3 is 2.86 bits per heavy atom. The van der Waals surface area contributed by atoms with Gasteiger partial charge in [-0.1, -0.05) is 13.3 Å². The lowest BCUT2D eigenvalue weighted by molar-refractivity contribution is -0.135. The molecule has 0 radical (unpaired) electrons. The van der Waals surface area contributed by atoms with Crippen LogP contribution in [0.25, 0.3) is 0 Å². The van der Waals surface area contributed by atoms with Crippen molar-refractivity contribution in [3.63, 3.8) is 0 Å². The zero-order valence-corrected chi connectivity index (χ0v) is 14.0. The second kappa shape index (κ2) is 8.59. The molecule has 2 unspecified atom stereocenters. The van der Waals surface area contributed by atoms with Crippen LogP contribution in [-0.4, -0.2) is 60.4 Å². The monoisotopic (exact) mass is 317 g/mol. The van der Waals surface area contributed by atoms with Crippen molar-refractivity contribution in [2.75, 3.05) is 32.7 Å². The molecule has 0 spiro atoms. The highest BCUT2D eigenvalue weighted by atomic mass is 35.5. The third kappa shape index (κ3) is 4.58. The van der Waals surface area contributed by atoms with E-state index in [0.29, 0.717) is 13.0 Å². The Morgan fingerprint density at radius 2 is 2.14 bits per heavy atom. The maximum absolute atomic E-state index is 12.5. The molecule has 1 N–H and O–H groups in total. The number of likely N-dealkylation sites (tertiary alicyclic amines) is 1. The molecule has 0 aromatic rings. The van der Waals surface area contributed by atoms with Gasteiger partial charge < -0.3 is 15.1 Å². The maximum Gasteiger partial charge on any atom is 0.228 e. The summed E-state index contributed by atoms with van der Waals surface area (Å²) in [5.74, 6) is 0.199. The van der Waals surface area contributed by atoms with E-state index in [9.17, 15) is 9.59 Å². The molecular weight excluding hydrogens is 290 g/mol. The summed E-state index contributed by atoms with van der Waals surface area (Å²) in [5, 5.41) is 3.30. The minimum atomic E-state index is -0.125. The lowest BCUT2D eigenvalue weighted by atomic mass is 10.1. The van der Waals surface area contributed by atoms with Gasteiger partial charge in [0.2, 0.25) is 11.8 Å². The highest BCUT2D eigenvalue weighted by Gasteiger charge is 2.38. The van der Waals surface area contributed by atoms with Gasteiger partial charge in [0.05, 0.1) is 5.92 Å². The van der Waals surface area contributed by atoms with E-state index in [4.69, 9.17) is 0 Å². The van der Waals surface area contributed by atoms with Crippen LogP contribution in [0.3, 0.4) is 0 Å². The maximum atomic E-state index is 12.5. The normalized spacial score (nSPS) is 24.5. The van der Waals surface area contributed by atoms with Crippen molar-refractivity contribution in [3.05, 3.63) is 0 Å². The Hall–Kier alpha value is -0.810. The predicted molar refractivity (Wildman–Crippen MR) is 85.5 cm³/mol. The fraction of sp³-hybridized carbons (Fsp3) is 0.867. The van der Waals surface area contributed by atoms with Gasteiger partial charge >= 0.3 is 0 Å². The molecule has 2 heterocycles. The third-order valence-electron chi connectivity index (χ3n) is 4.40. The molecule has 6 heteroatoms. The number of nitrogens with zero attached hydrogens (tertiary/aromatic N) is 2. The van der Waals surface area contributed by atoms with E-state index in [0.717, 1.165) is 45.4 Å². The van der Waals surface area contributed by atoms with Crippen LogP contribution in [0.15, 0.2) is 0 Å². The van der Waals surface area contributed by atoms with Crippen molar-refractivity contribution < 1.29 is 9.59 Å². The highest BCUT2D eigenvalue weighted by molar-refractivity contribution is 5.89. The van der Waals surface area contributed by atoms with Gasteiger partial charge in [-0.15, -0.1) is 12.4 Å². The SMILES string of the molecule is CCCC(C)N1CC(C(=O)N2CCCNCC2)CC1=O.Cl. The third-order valence-corrected chi connectivity index (χ3v) is 4.40. The van der Waals surface area contributed by atoms with Gasteiger partial charge in [-0.05, 0) is 26.3 Å². The lowest BCUT2D eigenvalue weighted by Crippen LogP contribution is -2.40. The van der Waals surface area contributed by atoms with Crippen molar-refractivity contribution in [2.24, 2.45) is 5.92 Å². The van der Waals surface area contributed by atoms with E-state index in [1.54, 1.807) is 0 Å². The molecular formula is C15H28ClN3O2. The molecule has 2 aliphatic rings. The van der Waals surface area contributed by atoms with Crippen LogP contribution in [0.5, 0.6) is 0 Å². The first-order valence-electron chi connectivity index (χ1n) is 7.92. The molecule has 2 fully saturated rings. The number of hydrogen-bond donors (Lipinski definition) is 1. The van der Waals surface area contributed by atoms with Gasteiger partial charge in [0.1, 0.15) is 0 Å². The summed E-state index contributed by atoms with van der Waals surface area (Å²) in [4.78, 5) is 28.5. The topological polar surface area (TPSA) is 52.7 Å². The summed E-state index contributed by atoms with van der Waals surface area (Å²) in [6.45, 7) is 8.27. The molecule has 21 heavy (non-hydrogen) atoms. The standard InChI is InChI=1S/C15H27N3O2.ClH/c1-3-5-12(2)18-11-13(10-14(18)19)15(20)17-8-4-6-16-7-9-17;/h12-13,16H,3-11H2,1-2H3;1H. The largest absolute Gasteiger partial charge is 0.341 e. The molecule has 0 bridgehead atoms. The molecule has 5 nitrogen and oxygen atoms in total. The van der Waals surface area contributed by atoms with Crippen LogP contribution in [0.2, 0.25) is 0 Å². The van der Waals surface area contributed by atoms with Crippen molar-refractivity contribution >= 4 is 24.2 Å². The summed E-state index contributed by atoms with van der Waals surface area (Å²) in [7, 11) is 0. The zero-order chi connectivity index (χ0) is 14.5. The first kappa shape index (κ1) is 18.2. The van der Waals surface area contributed by atoms with Gasteiger partial charge in [0, 0.05) is 38.6 Å². The van der Waals surface area contributed by atoms with Gasteiger partial charge in [-0.3, -0.25) is 9.59 Å². The van der Waals surface area contributed by atoms with Gasteiger partial charge in [-0.25, -0.2) is 0 Å². The Bertz CT molecular complexity index is 357. The zero-order valence-electron chi connectivity index (χ0n) is 13.1. The van der Waals surface area contributed by atoms with Crippen LogP contribution in [0, 0.1) is 5.92 Å². The molecule has 2 amide bonds. The summed E-state index contributed by atoms with van der Waals surface area (Å²) >= 11 is 0. The second-order valence-electron chi connectivity index (χ2n) is 6.01. The highest BCUT2D eigenvalue weighted by Crippen LogP contribution is 2.24. The Kier molecular flexibility index (Phi) is 7.46. The predicted octanol–water partition coefficient (Wildman–Crippen LogP) is 1.27. The molecule has 0 aromatic heterocycles. The Balaban J connectivity index is 0.00000220. The van der Waals surface area contributed by atoms with Crippen LogP contribution in [0.4, 0.5) is 0 Å². The quantitative estimate of drug-likeness (QED) is 0.849. The average Bonchev–Trinajstić information content (AvgIpc) is 2.65. The van der Waals surface area contributed by atoms with Gasteiger partial charge in [0.25, 0.3) is 0 Å². The molecule has 2 aliphatic heterocycles. The number of hydrogen-bond acceptors (Lipinski definition) is 3. The molecule has 122 valence electrons. The number of nitrogens with one attached hydrogen (secondary N) is 1. The van der Waals surface area contributed by atoms with E-state index < -0.39 is 0 Å². The Labute approximate surface area is 133 Å². The van der Waals surface area contributed by atoms with Crippen molar-refractivity contribution in [2.45, 2.75) is 45.6 Å². The summed E-state index contributed by atoms with van der Waals surface area (Å²) in [6.07, 6.45) is 3.49. The molecule has 2 atom stereocenters. The fourth-order valence-electron chi connectivity index (χ4n) is 3.22. The van der Waals surface area contributed by atoms with Crippen LogP contribution >= 0.6 is 12.4 Å². The second-order valence-corrected chi connectivity index (χ2v) is 6.01. The molecule has 0 aromatic carbocycles. The summed E-state index contributed by atoms with van der Waals surface area (Å²) in [5.41, 5.74) is 0. The van der Waals surface area contributed by atoms with Crippen LogP contribution in [-0.2, 0) is 9.59 Å². The molecule has 2 rings (SSSR count). The number of amides is 2. The van der Waals surface area contributed by atoms with E-state index in [2.05, 4.69) is 19.2 Å². The van der Waals surface area contributed by atoms with Crippen molar-refractivity contribution in [1.29, 1.82) is 0 Å². The smallest absolute Gasteiger partial charge is 0.228 e. The molecule has 0 saturated carbocycles. The fourth-order valence-corrected chi connectivity index (χ4v) is 3.22. The van der Waals surface area contributed by atoms with E-state index in [-0.39, 0.29) is 36.2 Å². The van der Waals surface area contributed by atoms with Gasteiger partial charge in [-0.2, -0.15) is 0 Å². The summed E-state index contributed by atoms with van der Waals surface area (Å²) < 4.78 is 0. The summed E-state index contributed by atoms with van der Waals surface area (Å²) in [6, 6.07) is 0.260. The lowest BCUT2D eigenvalue weighted by Gasteiger charge is -2.26. The van der Waals surface area contributed by atoms with Crippen molar-refractivity contribution in [3.8, 4) is 0 Å². The van der Waals surface area contributed by atoms with Crippen molar-refractivity contribution in [1.82, 2.24) is 15.1 Å². The van der Waals surface area contributed by atoms with E-state index in [1.165, 1.54) is 0 Å². The van der Waals surface area contributed by atoms with Crippen LogP contribution < -0.4 is 5.32 Å². The minimum Gasteiger partial charge on any atom is -0.341 e. The van der Waals surface area contributed by atoms with E-state index in [1.807, 2.05) is 9.80 Å². The van der Waals surface area contributed by atoms with Gasteiger partial charge in [0.15, 0.2) is 0 Å². The average molecular weight is 318 g/mol. The number of carbonyl (C=O) groups excluding carboxylic acids is 2. The Morgan fingerprint density at radius 1 is 1.38 bits per heavy atom. The number of halogens is 1. The molecule has 0 aliphatic carbocycles. The number of carbonyl (C=O) groups is 2. The van der Waals surface area contributed by atoms with E-state index >= 15 is 0 Å². The van der Waals surface area contributed by atoms with Crippen LogP contribution in [0.1, 0.15) is 39.5 Å².